The van der Waals surface area contributed by atoms with Crippen LogP contribution in [0.2, 0.25) is 0 Å². The summed E-state index contributed by atoms with van der Waals surface area (Å²) in [5.41, 5.74) is 1.58. The molecule has 0 N–H and O–H groups in total. The van der Waals surface area contributed by atoms with E-state index in [1.165, 1.54) is 0 Å². The highest BCUT2D eigenvalue weighted by molar-refractivity contribution is 5.42. The molecule has 3 rings (SSSR count). The Hall–Kier alpha value is -2.15. The molecule has 7 heteroatoms. The van der Waals surface area contributed by atoms with Gasteiger partial charge in [-0.1, -0.05) is 0 Å². The van der Waals surface area contributed by atoms with Crippen molar-refractivity contribution in [2.75, 3.05) is 32.2 Å². The molecule has 0 atom stereocenters. The van der Waals surface area contributed by atoms with Gasteiger partial charge in [-0.2, -0.15) is 10.1 Å². The van der Waals surface area contributed by atoms with Gasteiger partial charge in [0.05, 0.1) is 25.9 Å². The zero-order valence-electron chi connectivity index (χ0n) is 12.7. The number of rotatable bonds is 4. The zero-order chi connectivity index (χ0) is 15.0. The lowest BCUT2D eigenvalue weighted by Crippen LogP contribution is -2.61. The van der Waals surface area contributed by atoms with Crippen molar-refractivity contribution in [2.45, 2.75) is 12.5 Å². The molecule has 7 nitrogen and oxygen atoms in total. The van der Waals surface area contributed by atoms with Gasteiger partial charge in [0.2, 0.25) is 11.8 Å². The van der Waals surface area contributed by atoms with Gasteiger partial charge in [-0.25, -0.2) is 4.98 Å². The second kappa shape index (κ2) is 5.00. The van der Waals surface area contributed by atoms with Crippen LogP contribution in [0.25, 0.3) is 0 Å². The molecule has 0 bridgehead atoms. The maximum absolute atomic E-state index is 5.75. The van der Waals surface area contributed by atoms with Crippen molar-refractivity contribution in [3.8, 4) is 5.88 Å². The van der Waals surface area contributed by atoms with Crippen LogP contribution in [0.5, 0.6) is 5.88 Å². The summed E-state index contributed by atoms with van der Waals surface area (Å²) in [4.78, 5) is 10.9. The molecule has 0 radical (unpaired) electrons. The Morgan fingerprint density at radius 2 is 2.00 bits per heavy atom. The summed E-state index contributed by atoms with van der Waals surface area (Å²) in [6, 6.07) is 3.80. The highest BCUT2D eigenvalue weighted by Gasteiger charge is 2.48. The Morgan fingerprint density at radius 3 is 2.57 bits per heavy atom. The third kappa shape index (κ3) is 2.23. The second-order valence-corrected chi connectivity index (χ2v) is 5.25. The normalized spacial score (nSPS) is 16.7. The van der Waals surface area contributed by atoms with Gasteiger partial charge in [0.15, 0.2) is 0 Å². The Kier molecular flexibility index (Phi) is 3.29. The standard InChI is InChI=1S/C14H19N5O2/c1-10-7-12(20-3)17-13(16-10)19-8-14(9-19,21-4)11-5-6-15-18(11)2/h5-7H,8-9H2,1-4H3. The minimum Gasteiger partial charge on any atom is -0.481 e. The molecule has 21 heavy (non-hydrogen) atoms. The molecular formula is C14H19N5O2. The number of aryl methyl sites for hydroxylation is 2. The molecule has 0 saturated carbocycles. The van der Waals surface area contributed by atoms with Crippen molar-refractivity contribution in [1.29, 1.82) is 0 Å². The minimum absolute atomic E-state index is 0.356. The first-order valence-electron chi connectivity index (χ1n) is 6.76. The Morgan fingerprint density at radius 1 is 1.24 bits per heavy atom. The number of aromatic nitrogens is 4. The largest absolute Gasteiger partial charge is 0.481 e. The fourth-order valence-electron chi connectivity index (χ4n) is 2.70. The van der Waals surface area contributed by atoms with E-state index in [0.717, 1.165) is 11.4 Å². The Bertz CT molecular complexity index is 649. The van der Waals surface area contributed by atoms with Crippen LogP contribution in [-0.2, 0) is 17.4 Å². The van der Waals surface area contributed by atoms with E-state index in [4.69, 9.17) is 9.47 Å². The molecule has 0 unspecified atom stereocenters. The average Bonchev–Trinajstić information content (AvgIpc) is 2.85. The summed E-state index contributed by atoms with van der Waals surface area (Å²) < 4.78 is 12.8. The molecule has 2 aromatic heterocycles. The van der Waals surface area contributed by atoms with Gasteiger partial charge in [-0.15, -0.1) is 0 Å². The number of hydrogen-bond donors (Lipinski definition) is 0. The molecule has 3 heterocycles. The molecule has 0 spiro atoms. The molecular weight excluding hydrogens is 270 g/mol. The van der Waals surface area contributed by atoms with Crippen LogP contribution < -0.4 is 9.64 Å². The molecule has 1 aliphatic rings. The molecule has 2 aromatic rings. The summed E-state index contributed by atoms with van der Waals surface area (Å²) in [6.45, 7) is 3.31. The first-order valence-corrected chi connectivity index (χ1v) is 6.76. The van der Waals surface area contributed by atoms with E-state index in [1.807, 2.05) is 30.8 Å². The number of ether oxygens (including phenoxy) is 2. The molecule has 0 aromatic carbocycles. The summed E-state index contributed by atoms with van der Waals surface area (Å²) in [5, 5.41) is 4.22. The van der Waals surface area contributed by atoms with Gasteiger partial charge in [0, 0.05) is 32.1 Å². The fourth-order valence-corrected chi connectivity index (χ4v) is 2.70. The Labute approximate surface area is 123 Å². The van der Waals surface area contributed by atoms with Crippen molar-refractivity contribution in [1.82, 2.24) is 19.7 Å². The van der Waals surface area contributed by atoms with E-state index in [-0.39, 0.29) is 5.60 Å². The third-order valence-electron chi connectivity index (χ3n) is 3.88. The third-order valence-corrected chi connectivity index (χ3v) is 3.88. The predicted molar refractivity (Wildman–Crippen MR) is 77.4 cm³/mol. The second-order valence-electron chi connectivity index (χ2n) is 5.25. The molecule has 112 valence electrons. The van der Waals surface area contributed by atoms with Crippen molar-refractivity contribution >= 4 is 5.95 Å². The number of hydrogen-bond acceptors (Lipinski definition) is 6. The van der Waals surface area contributed by atoms with E-state index >= 15 is 0 Å². The first kappa shape index (κ1) is 13.8. The van der Waals surface area contributed by atoms with E-state index in [1.54, 1.807) is 20.4 Å². The molecule has 1 fully saturated rings. The van der Waals surface area contributed by atoms with Crippen molar-refractivity contribution < 1.29 is 9.47 Å². The van der Waals surface area contributed by atoms with Gasteiger partial charge in [0.25, 0.3) is 0 Å². The SMILES string of the molecule is COc1cc(C)nc(N2CC(OC)(c3ccnn3C)C2)n1. The average molecular weight is 289 g/mol. The highest BCUT2D eigenvalue weighted by Crippen LogP contribution is 2.37. The van der Waals surface area contributed by atoms with Gasteiger partial charge < -0.3 is 14.4 Å². The highest BCUT2D eigenvalue weighted by atomic mass is 16.5. The van der Waals surface area contributed by atoms with Gasteiger partial charge in [-0.05, 0) is 13.0 Å². The van der Waals surface area contributed by atoms with Crippen LogP contribution in [0.3, 0.4) is 0 Å². The van der Waals surface area contributed by atoms with Gasteiger partial charge >= 0.3 is 0 Å². The first-order chi connectivity index (χ1) is 10.1. The van der Waals surface area contributed by atoms with E-state index in [0.29, 0.717) is 24.9 Å². The van der Waals surface area contributed by atoms with Crippen LogP contribution in [0.1, 0.15) is 11.4 Å². The summed E-state index contributed by atoms with van der Waals surface area (Å²) in [6.07, 6.45) is 1.78. The maximum Gasteiger partial charge on any atom is 0.229 e. The van der Waals surface area contributed by atoms with Gasteiger partial charge in [-0.3, -0.25) is 4.68 Å². The zero-order valence-corrected chi connectivity index (χ0v) is 12.7. The predicted octanol–water partition coefficient (Wildman–Crippen LogP) is 0.889. The summed E-state index contributed by atoms with van der Waals surface area (Å²) >= 11 is 0. The smallest absolute Gasteiger partial charge is 0.229 e. The molecule has 0 aliphatic carbocycles. The van der Waals surface area contributed by atoms with Crippen LogP contribution in [0.15, 0.2) is 18.3 Å². The van der Waals surface area contributed by atoms with Crippen LogP contribution in [0.4, 0.5) is 5.95 Å². The van der Waals surface area contributed by atoms with Crippen LogP contribution in [-0.4, -0.2) is 47.1 Å². The monoisotopic (exact) mass is 289 g/mol. The van der Waals surface area contributed by atoms with Crippen molar-refractivity contribution in [3.05, 3.63) is 29.7 Å². The minimum atomic E-state index is -0.356. The lowest BCUT2D eigenvalue weighted by atomic mass is 9.90. The molecule has 1 saturated heterocycles. The summed E-state index contributed by atoms with van der Waals surface area (Å²) in [5.74, 6) is 1.25. The lowest BCUT2D eigenvalue weighted by Gasteiger charge is -2.48. The quantitative estimate of drug-likeness (QED) is 0.833. The van der Waals surface area contributed by atoms with E-state index in [2.05, 4.69) is 20.0 Å². The van der Waals surface area contributed by atoms with Crippen molar-refractivity contribution in [3.63, 3.8) is 0 Å². The van der Waals surface area contributed by atoms with Crippen LogP contribution in [0, 0.1) is 6.92 Å². The van der Waals surface area contributed by atoms with Gasteiger partial charge in [0.1, 0.15) is 5.60 Å². The number of anilines is 1. The van der Waals surface area contributed by atoms with E-state index < -0.39 is 0 Å². The van der Waals surface area contributed by atoms with Crippen LogP contribution >= 0.6 is 0 Å². The molecule has 0 amide bonds. The Balaban J connectivity index is 1.84. The lowest BCUT2D eigenvalue weighted by molar-refractivity contribution is -0.0452. The van der Waals surface area contributed by atoms with Crippen molar-refractivity contribution in [2.24, 2.45) is 7.05 Å². The maximum atomic E-state index is 5.75. The molecule has 1 aliphatic heterocycles. The van der Waals surface area contributed by atoms with E-state index in [9.17, 15) is 0 Å². The summed E-state index contributed by atoms with van der Waals surface area (Å²) in [7, 11) is 5.25. The fraction of sp³-hybridized carbons (Fsp3) is 0.500. The number of methoxy groups -OCH3 is 2. The topological polar surface area (TPSA) is 65.3 Å². The number of nitrogens with zero attached hydrogens (tertiary/aromatic N) is 5.